The molecule has 1 unspecified atom stereocenters. The van der Waals surface area contributed by atoms with Gasteiger partial charge in [-0.1, -0.05) is 44.2 Å². The number of benzene rings is 1. The Kier molecular flexibility index (Phi) is 6.90. The Bertz CT molecular complexity index is 1170. The normalized spacial score (nSPS) is 19.8. The van der Waals surface area contributed by atoms with Crippen molar-refractivity contribution in [1.82, 2.24) is 19.8 Å². The number of fused-ring (bicyclic) bond motifs is 1. The van der Waals surface area contributed by atoms with Crippen LogP contribution in [0.5, 0.6) is 0 Å². The average molecular weight is 505 g/mol. The molecule has 1 N–H and O–H groups in total. The highest BCUT2D eigenvalue weighted by atomic mass is 16.6. The maximum Gasteiger partial charge on any atom is 0.415 e. The van der Waals surface area contributed by atoms with Crippen LogP contribution in [0.3, 0.4) is 0 Å². The van der Waals surface area contributed by atoms with E-state index in [-0.39, 0.29) is 30.1 Å². The van der Waals surface area contributed by atoms with Crippen molar-refractivity contribution in [3.05, 3.63) is 59.8 Å². The van der Waals surface area contributed by atoms with Gasteiger partial charge in [0.05, 0.1) is 11.6 Å². The lowest BCUT2D eigenvalue weighted by Gasteiger charge is -2.62. The summed E-state index contributed by atoms with van der Waals surface area (Å²) in [5, 5.41) is 3.38. The first-order chi connectivity index (χ1) is 17.9. The van der Waals surface area contributed by atoms with Crippen LogP contribution < -0.4 is 10.2 Å². The number of rotatable bonds is 9. The van der Waals surface area contributed by atoms with Crippen molar-refractivity contribution >= 4 is 23.8 Å². The third-order valence-electron chi connectivity index (χ3n) is 7.77. The van der Waals surface area contributed by atoms with E-state index >= 15 is 0 Å². The number of nitrogens with zero attached hydrogens (tertiary/aromatic N) is 5. The van der Waals surface area contributed by atoms with Crippen LogP contribution >= 0.6 is 0 Å². The molecule has 1 spiro atoms. The summed E-state index contributed by atoms with van der Waals surface area (Å²) in [5.41, 5.74) is 3.54. The Labute approximate surface area is 218 Å². The van der Waals surface area contributed by atoms with Gasteiger partial charge in [-0.25, -0.2) is 9.78 Å². The first-order valence-electron chi connectivity index (χ1n) is 13.2. The van der Waals surface area contributed by atoms with Crippen molar-refractivity contribution in [3.63, 3.8) is 0 Å². The second kappa shape index (κ2) is 10.1. The third kappa shape index (κ3) is 4.80. The Hall–Kier alpha value is -3.46. The van der Waals surface area contributed by atoms with Crippen LogP contribution in [0, 0.1) is 5.41 Å². The number of aromatic nitrogens is 2. The third-order valence-corrected chi connectivity index (χ3v) is 7.77. The predicted molar refractivity (Wildman–Crippen MR) is 142 cm³/mol. The molecule has 37 heavy (non-hydrogen) atoms. The number of amides is 2. The smallest absolute Gasteiger partial charge is 0.415 e. The molecule has 2 atom stereocenters. The number of carbonyl (C=O) groups is 2. The zero-order chi connectivity index (χ0) is 26.2. The van der Waals surface area contributed by atoms with E-state index in [1.807, 2.05) is 11.8 Å². The van der Waals surface area contributed by atoms with Crippen molar-refractivity contribution in [1.29, 1.82) is 0 Å². The topological polar surface area (TPSA) is 90.9 Å². The molecule has 2 fully saturated rings. The number of ether oxygens (including phenoxy) is 1. The summed E-state index contributed by atoms with van der Waals surface area (Å²) in [7, 11) is 0. The summed E-state index contributed by atoms with van der Waals surface area (Å²) in [6.45, 7) is 14.3. The van der Waals surface area contributed by atoms with E-state index in [9.17, 15) is 9.59 Å². The average Bonchev–Trinajstić information content (AvgIpc) is 2.86. The van der Waals surface area contributed by atoms with Crippen LogP contribution in [-0.2, 0) is 16.1 Å². The van der Waals surface area contributed by atoms with Gasteiger partial charge in [-0.15, -0.1) is 0 Å². The van der Waals surface area contributed by atoms with E-state index in [0.29, 0.717) is 24.4 Å². The maximum absolute atomic E-state index is 12.1. The summed E-state index contributed by atoms with van der Waals surface area (Å²) in [6.07, 6.45) is 4.98. The molecule has 0 radical (unpaired) electrons. The molecule has 0 aliphatic carbocycles. The Morgan fingerprint density at radius 1 is 1.19 bits per heavy atom. The van der Waals surface area contributed by atoms with E-state index in [2.05, 4.69) is 64.9 Å². The fourth-order valence-electron chi connectivity index (χ4n) is 5.79. The monoisotopic (exact) mass is 504 g/mol. The summed E-state index contributed by atoms with van der Waals surface area (Å²) < 4.78 is 5.18. The van der Waals surface area contributed by atoms with Crippen LogP contribution in [0.1, 0.15) is 62.4 Å². The maximum atomic E-state index is 12.1. The Morgan fingerprint density at radius 3 is 2.54 bits per heavy atom. The molecule has 2 amide bonds. The van der Waals surface area contributed by atoms with E-state index in [4.69, 9.17) is 4.74 Å². The van der Waals surface area contributed by atoms with Crippen molar-refractivity contribution in [2.75, 3.05) is 42.9 Å². The highest BCUT2D eigenvalue weighted by Crippen LogP contribution is 2.44. The first kappa shape index (κ1) is 25.2. The summed E-state index contributed by atoms with van der Waals surface area (Å²) in [4.78, 5) is 38.9. The standard InChI is InChI=1S/C28H36N6O3/c1-5-8-23(32-15-28(16-32)17-33(18-28)24(35)6-2)21-11-9-20(10-12-21)19(4)30-26-29-13-22-14-37-27(36)34(7-3)25(22)31-26/h6,9-13,19,23H,2,5,7-8,14-18H2,1,3-4H3,(H,29,30,31)/t19-,23?/m0/s1. The minimum atomic E-state index is -0.377. The van der Waals surface area contributed by atoms with Crippen LogP contribution in [0.4, 0.5) is 16.6 Å². The molecule has 4 heterocycles. The van der Waals surface area contributed by atoms with Crippen LogP contribution in [-0.4, -0.2) is 64.5 Å². The summed E-state index contributed by atoms with van der Waals surface area (Å²) >= 11 is 0. The van der Waals surface area contributed by atoms with Crippen LogP contribution in [0.2, 0.25) is 0 Å². The fourth-order valence-corrected chi connectivity index (χ4v) is 5.79. The number of hydrogen-bond donors (Lipinski definition) is 1. The van der Waals surface area contributed by atoms with Crippen molar-refractivity contribution in [2.24, 2.45) is 5.41 Å². The number of nitrogens with one attached hydrogen (secondary N) is 1. The highest BCUT2D eigenvalue weighted by molar-refractivity contribution is 5.89. The van der Waals surface area contributed by atoms with Gasteiger partial charge in [0.1, 0.15) is 12.4 Å². The molecule has 0 saturated carbocycles. The van der Waals surface area contributed by atoms with Gasteiger partial charge in [0.2, 0.25) is 11.9 Å². The summed E-state index contributed by atoms with van der Waals surface area (Å²) in [5.74, 6) is 1.14. The van der Waals surface area contributed by atoms with Crippen molar-refractivity contribution in [2.45, 2.75) is 52.3 Å². The fraction of sp³-hybridized carbons (Fsp3) is 0.500. The van der Waals surface area contributed by atoms with E-state index in [0.717, 1.165) is 50.1 Å². The molecule has 1 aromatic carbocycles. The number of carbonyl (C=O) groups excluding carboxylic acids is 2. The molecule has 5 rings (SSSR count). The quantitative estimate of drug-likeness (QED) is 0.509. The second-order valence-electron chi connectivity index (χ2n) is 10.5. The number of anilines is 2. The van der Waals surface area contributed by atoms with Gasteiger partial charge in [0.15, 0.2) is 0 Å². The largest absolute Gasteiger partial charge is 0.444 e. The second-order valence-corrected chi connectivity index (χ2v) is 10.5. The van der Waals surface area contributed by atoms with E-state index in [1.54, 1.807) is 6.20 Å². The minimum Gasteiger partial charge on any atom is -0.444 e. The van der Waals surface area contributed by atoms with Gasteiger partial charge in [0.25, 0.3) is 0 Å². The molecular formula is C28H36N6O3. The minimum absolute atomic E-state index is 0.00187. The lowest BCUT2D eigenvalue weighted by atomic mass is 9.71. The molecule has 196 valence electrons. The van der Waals surface area contributed by atoms with Gasteiger partial charge in [0, 0.05) is 50.4 Å². The molecule has 0 bridgehead atoms. The van der Waals surface area contributed by atoms with Crippen molar-refractivity contribution in [3.8, 4) is 0 Å². The first-order valence-corrected chi connectivity index (χ1v) is 13.2. The molecule has 2 saturated heterocycles. The van der Waals surface area contributed by atoms with E-state index < -0.39 is 0 Å². The zero-order valence-electron chi connectivity index (χ0n) is 21.9. The SMILES string of the molecule is C=CC(=O)N1CC2(C1)CN(C(CCC)c1ccc([C@H](C)Nc3ncc4c(n3)N(CC)C(=O)OC4)cc1)C2. The van der Waals surface area contributed by atoms with Gasteiger partial charge in [-0.05, 0) is 37.5 Å². The van der Waals surface area contributed by atoms with Gasteiger partial charge in [-0.3, -0.25) is 14.6 Å². The molecule has 3 aliphatic rings. The highest BCUT2D eigenvalue weighted by Gasteiger charge is 2.54. The molecule has 3 aliphatic heterocycles. The Morgan fingerprint density at radius 2 is 1.89 bits per heavy atom. The van der Waals surface area contributed by atoms with Gasteiger partial charge in [-0.2, -0.15) is 4.98 Å². The molecule has 9 nitrogen and oxygen atoms in total. The summed E-state index contributed by atoms with van der Waals surface area (Å²) in [6, 6.07) is 9.20. The van der Waals surface area contributed by atoms with Crippen molar-refractivity contribution < 1.29 is 14.3 Å². The molecular weight excluding hydrogens is 468 g/mol. The van der Waals surface area contributed by atoms with Gasteiger partial charge < -0.3 is 15.0 Å². The number of likely N-dealkylation sites (tertiary alicyclic amines) is 2. The zero-order valence-corrected chi connectivity index (χ0v) is 21.9. The number of cyclic esters (lactones) is 1. The van der Waals surface area contributed by atoms with E-state index in [1.165, 1.54) is 16.5 Å². The molecule has 2 aromatic rings. The van der Waals surface area contributed by atoms with Gasteiger partial charge >= 0.3 is 6.09 Å². The lowest BCUT2D eigenvalue weighted by Crippen LogP contribution is -2.72. The number of hydrogen-bond acceptors (Lipinski definition) is 7. The predicted octanol–water partition coefficient (Wildman–Crippen LogP) is 4.30. The van der Waals surface area contributed by atoms with Crippen LogP contribution in [0.15, 0.2) is 43.1 Å². The van der Waals surface area contributed by atoms with Crippen LogP contribution in [0.25, 0.3) is 0 Å². The molecule has 9 heteroatoms. The lowest BCUT2D eigenvalue weighted by molar-refractivity contribution is -0.159. The molecule has 1 aromatic heterocycles. The Balaban J connectivity index is 1.22.